The number of aryl methyl sites for hydroxylation is 4. The number of rotatable bonds is 8. The molecule has 0 saturated carbocycles. The van der Waals surface area contributed by atoms with Gasteiger partial charge in [-0.1, -0.05) is 29.8 Å². The smallest absolute Gasteiger partial charge is 0.335 e. The van der Waals surface area contributed by atoms with Crippen LogP contribution in [0.1, 0.15) is 34.7 Å². The largest absolute Gasteiger partial charge is 0.490 e. The van der Waals surface area contributed by atoms with Gasteiger partial charge in [0, 0.05) is 5.69 Å². The van der Waals surface area contributed by atoms with E-state index in [2.05, 4.69) is 10.6 Å². The molecule has 0 aliphatic carbocycles. The van der Waals surface area contributed by atoms with Crippen LogP contribution in [0.2, 0.25) is 0 Å². The number of hydrogen-bond donors (Lipinski definition) is 2. The second-order valence-corrected chi connectivity index (χ2v) is 9.52. The molecule has 1 fully saturated rings. The number of nitrogens with one attached hydrogen (secondary N) is 2. The summed E-state index contributed by atoms with van der Waals surface area (Å²) in [6.45, 7) is 9.56. The first-order valence-electron chi connectivity index (χ1n) is 12.8. The number of anilines is 2. The minimum atomic E-state index is -0.812. The van der Waals surface area contributed by atoms with E-state index in [1.165, 1.54) is 6.08 Å². The van der Waals surface area contributed by atoms with Crippen LogP contribution in [0.5, 0.6) is 11.5 Å². The average molecular weight is 542 g/mol. The van der Waals surface area contributed by atoms with E-state index in [-0.39, 0.29) is 18.1 Å². The molecule has 0 aromatic heterocycles. The van der Waals surface area contributed by atoms with E-state index in [1.54, 1.807) is 43.3 Å². The number of barbiturate groups is 1. The highest BCUT2D eigenvalue weighted by molar-refractivity contribution is 6.39. The molecular weight excluding hydrogens is 510 g/mol. The Bertz CT molecular complexity index is 1540. The van der Waals surface area contributed by atoms with E-state index in [4.69, 9.17) is 9.47 Å². The van der Waals surface area contributed by atoms with Crippen molar-refractivity contribution in [1.29, 1.82) is 0 Å². The number of carbonyl (C=O) groups excluding carboxylic acids is 4. The summed E-state index contributed by atoms with van der Waals surface area (Å²) >= 11 is 0. The summed E-state index contributed by atoms with van der Waals surface area (Å²) in [7, 11) is 0. The standard InChI is InChI=1S/C31H31N3O6/c1-6-39-27-16-22(9-12-26(27)40-17-28(35)32-25-11-7-18(2)13-21(25)5)15-24-29(36)33-31(38)34(30(24)37)23-10-8-19(3)20(4)14-23/h7-16H,6,17H2,1-5H3,(H,32,35)(H,33,36,38)/b24-15-. The zero-order valence-electron chi connectivity index (χ0n) is 23.1. The maximum atomic E-state index is 13.3. The Morgan fingerprint density at radius 2 is 1.65 bits per heavy atom. The lowest BCUT2D eigenvalue weighted by molar-refractivity contribution is -0.122. The van der Waals surface area contributed by atoms with Gasteiger partial charge in [-0.2, -0.15) is 0 Å². The first kappa shape index (κ1) is 28.1. The number of urea groups is 1. The van der Waals surface area contributed by atoms with Crippen LogP contribution < -0.4 is 25.0 Å². The summed E-state index contributed by atoms with van der Waals surface area (Å²) in [6, 6.07) is 14.9. The topological polar surface area (TPSA) is 114 Å². The van der Waals surface area contributed by atoms with Crippen molar-refractivity contribution in [2.75, 3.05) is 23.4 Å². The van der Waals surface area contributed by atoms with Crippen LogP contribution in [0.15, 0.2) is 60.2 Å². The highest BCUT2D eigenvalue weighted by atomic mass is 16.5. The minimum Gasteiger partial charge on any atom is -0.490 e. The summed E-state index contributed by atoms with van der Waals surface area (Å²) in [6.07, 6.45) is 1.39. The van der Waals surface area contributed by atoms with E-state index in [1.807, 2.05) is 45.9 Å². The van der Waals surface area contributed by atoms with Crippen LogP contribution in [0.3, 0.4) is 0 Å². The molecule has 0 radical (unpaired) electrons. The molecule has 40 heavy (non-hydrogen) atoms. The number of carbonyl (C=O) groups is 4. The number of imide groups is 2. The molecular formula is C31H31N3O6. The first-order valence-corrected chi connectivity index (χ1v) is 12.8. The van der Waals surface area contributed by atoms with E-state index < -0.39 is 17.8 Å². The molecule has 4 rings (SSSR count). The second-order valence-electron chi connectivity index (χ2n) is 9.52. The molecule has 0 spiro atoms. The third-order valence-corrected chi connectivity index (χ3v) is 6.44. The van der Waals surface area contributed by atoms with Gasteiger partial charge >= 0.3 is 6.03 Å². The predicted molar refractivity (Wildman–Crippen MR) is 153 cm³/mol. The molecule has 0 unspecified atom stereocenters. The zero-order valence-corrected chi connectivity index (χ0v) is 23.1. The summed E-state index contributed by atoms with van der Waals surface area (Å²) < 4.78 is 11.4. The van der Waals surface area contributed by atoms with Gasteiger partial charge in [0.2, 0.25) is 0 Å². The lowest BCUT2D eigenvalue weighted by atomic mass is 10.0. The molecule has 0 atom stereocenters. The van der Waals surface area contributed by atoms with Gasteiger partial charge in [-0.3, -0.25) is 19.7 Å². The third kappa shape index (κ3) is 6.20. The number of benzene rings is 3. The van der Waals surface area contributed by atoms with Gasteiger partial charge < -0.3 is 14.8 Å². The second kappa shape index (κ2) is 11.9. The van der Waals surface area contributed by atoms with Crippen molar-refractivity contribution in [2.24, 2.45) is 0 Å². The van der Waals surface area contributed by atoms with Crippen molar-refractivity contribution in [2.45, 2.75) is 34.6 Å². The van der Waals surface area contributed by atoms with Crippen molar-refractivity contribution in [1.82, 2.24) is 5.32 Å². The van der Waals surface area contributed by atoms with Gasteiger partial charge in [0.1, 0.15) is 5.57 Å². The summed E-state index contributed by atoms with van der Waals surface area (Å²) in [5.74, 6) is -1.20. The van der Waals surface area contributed by atoms with E-state index in [0.29, 0.717) is 35.0 Å². The van der Waals surface area contributed by atoms with Gasteiger partial charge in [-0.15, -0.1) is 0 Å². The summed E-state index contributed by atoms with van der Waals surface area (Å²) in [5, 5.41) is 5.07. The van der Waals surface area contributed by atoms with Crippen molar-refractivity contribution in [3.63, 3.8) is 0 Å². The molecule has 206 valence electrons. The normalized spacial score (nSPS) is 14.3. The third-order valence-electron chi connectivity index (χ3n) is 6.44. The van der Waals surface area contributed by atoms with Crippen molar-refractivity contribution < 1.29 is 28.7 Å². The van der Waals surface area contributed by atoms with Crippen LogP contribution in [0, 0.1) is 27.7 Å². The molecule has 1 aliphatic heterocycles. The van der Waals surface area contributed by atoms with Crippen molar-refractivity contribution in [3.05, 3.63) is 88.0 Å². The molecule has 1 heterocycles. The highest BCUT2D eigenvalue weighted by Crippen LogP contribution is 2.31. The fraction of sp³-hybridized carbons (Fsp3) is 0.226. The van der Waals surface area contributed by atoms with Crippen LogP contribution in [-0.2, 0) is 14.4 Å². The first-order chi connectivity index (χ1) is 19.1. The molecule has 5 amide bonds. The molecule has 9 heteroatoms. The van der Waals surface area contributed by atoms with Crippen LogP contribution >= 0.6 is 0 Å². The molecule has 9 nitrogen and oxygen atoms in total. The number of ether oxygens (including phenoxy) is 2. The number of hydrogen-bond acceptors (Lipinski definition) is 6. The van der Waals surface area contributed by atoms with Crippen LogP contribution in [-0.4, -0.2) is 37.0 Å². The van der Waals surface area contributed by atoms with Crippen molar-refractivity contribution >= 4 is 41.2 Å². The summed E-state index contributed by atoms with van der Waals surface area (Å²) in [4.78, 5) is 51.9. The van der Waals surface area contributed by atoms with Gasteiger partial charge in [0.15, 0.2) is 18.1 Å². The maximum Gasteiger partial charge on any atom is 0.335 e. The fourth-order valence-corrected chi connectivity index (χ4v) is 4.21. The van der Waals surface area contributed by atoms with Gasteiger partial charge in [-0.05, 0) is 93.3 Å². The monoisotopic (exact) mass is 541 g/mol. The van der Waals surface area contributed by atoms with E-state index in [0.717, 1.165) is 27.2 Å². The zero-order chi connectivity index (χ0) is 29.0. The van der Waals surface area contributed by atoms with Crippen molar-refractivity contribution in [3.8, 4) is 11.5 Å². The minimum absolute atomic E-state index is 0.207. The maximum absolute atomic E-state index is 13.3. The lowest BCUT2D eigenvalue weighted by Gasteiger charge is -2.27. The molecule has 0 bridgehead atoms. The average Bonchev–Trinajstić information content (AvgIpc) is 2.90. The Labute approximate surface area is 232 Å². The Kier molecular flexibility index (Phi) is 8.33. The molecule has 3 aromatic carbocycles. The predicted octanol–water partition coefficient (Wildman–Crippen LogP) is 5.00. The Balaban J connectivity index is 1.54. The molecule has 1 aliphatic rings. The van der Waals surface area contributed by atoms with Gasteiger partial charge in [0.05, 0.1) is 12.3 Å². The van der Waals surface area contributed by atoms with E-state index >= 15 is 0 Å². The number of amides is 5. The summed E-state index contributed by atoms with van der Waals surface area (Å²) in [5.41, 5.74) is 5.29. The Morgan fingerprint density at radius 3 is 2.35 bits per heavy atom. The quantitative estimate of drug-likeness (QED) is 0.306. The molecule has 3 aromatic rings. The fourth-order valence-electron chi connectivity index (χ4n) is 4.21. The van der Waals surface area contributed by atoms with Crippen LogP contribution in [0.4, 0.5) is 16.2 Å². The Morgan fingerprint density at radius 1 is 0.875 bits per heavy atom. The Hall–Kier alpha value is -4.92. The van der Waals surface area contributed by atoms with Gasteiger partial charge in [0.25, 0.3) is 17.7 Å². The molecule has 2 N–H and O–H groups in total. The SMILES string of the molecule is CCOc1cc(/C=C2/C(=O)NC(=O)N(c3ccc(C)c(C)c3)C2=O)ccc1OCC(=O)Nc1ccc(C)cc1C. The highest BCUT2D eigenvalue weighted by Gasteiger charge is 2.37. The lowest BCUT2D eigenvalue weighted by Crippen LogP contribution is -2.54. The van der Waals surface area contributed by atoms with Crippen LogP contribution in [0.25, 0.3) is 6.08 Å². The number of nitrogens with zero attached hydrogens (tertiary/aromatic N) is 1. The van der Waals surface area contributed by atoms with E-state index in [9.17, 15) is 19.2 Å². The molecule has 1 saturated heterocycles. The van der Waals surface area contributed by atoms with Gasteiger partial charge in [-0.25, -0.2) is 9.69 Å².